The molecule has 0 spiro atoms. The van der Waals surface area contributed by atoms with Gasteiger partial charge in [0.15, 0.2) is 0 Å². The molecular weight excluding hydrogens is 150 g/mol. The third-order valence-electron chi connectivity index (χ3n) is 0.885. The van der Waals surface area contributed by atoms with E-state index in [2.05, 4.69) is 4.99 Å². The Labute approximate surface area is 67.2 Å². The third kappa shape index (κ3) is 5.89. The zero-order valence-corrected chi connectivity index (χ0v) is 7.32. The lowest BCUT2D eigenvalue weighted by atomic mass is 10.5. The van der Waals surface area contributed by atoms with E-state index in [9.17, 15) is 0 Å². The van der Waals surface area contributed by atoms with Gasteiger partial charge in [0.25, 0.3) is 5.36 Å². The molecule has 0 unspecified atom stereocenters. The Morgan fingerprint density at radius 1 is 1.40 bits per heavy atom. The van der Waals surface area contributed by atoms with Crippen LogP contribution < -0.4 is 0 Å². The predicted molar refractivity (Wildman–Crippen MR) is 44.7 cm³/mol. The number of ether oxygens (including phenoxy) is 1. The van der Waals surface area contributed by atoms with Crippen molar-refractivity contribution in [3.8, 4) is 0 Å². The summed E-state index contributed by atoms with van der Waals surface area (Å²) in [5, 5.41) is 0.295. The molecule has 0 aromatic rings. The standard InChI is InChI=1S/C7H14ClNO/c1-3-5-9-7(8)10-6-4-2/h3-6H2,1-2H3/b9-7+. The van der Waals surface area contributed by atoms with Gasteiger partial charge < -0.3 is 4.74 Å². The summed E-state index contributed by atoms with van der Waals surface area (Å²) in [7, 11) is 0. The maximum atomic E-state index is 5.57. The van der Waals surface area contributed by atoms with E-state index in [-0.39, 0.29) is 0 Å². The Bertz CT molecular complexity index is 104. The van der Waals surface area contributed by atoms with Crippen LogP contribution in [-0.4, -0.2) is 18.5 Å². The van der Waals surface area contributed by atoms with Crippen LogP contribution in [0.3, 0.4) is 0 Å². The van der Waals surface area contributed by atoms with Gasteiger partial charge in [-0.1, -0.05) is 13.8 Å². The number of aliphatic imine (C=N–C) groups is 1. The van der Waals surface area contributed by atoms with Crippen molar-refractivity contribution in [2.75, 3.05) is 13.2 Å². The Morgan fingerprint density at radius 2 is 2.10 bits per heavy atom. The van der Waals surface area contributed by atoms with Crippen molar-refractivity contribution in [1.82, 2.24) is 0 Å². The average molecular weight is 164 g/mol. The zero-order valence-electron chi connectivity index (χ0n) is 6.56. The number of hydrogen-bond donors (Lipinski definition) is 0. The van der Waals surface area contributed by atoms with Crippen LogP contribution in [0.1, 0.15) is 26.7 Å². The summed E-state index contributed by atoms with van der Waals surface area (Å²) in [6.07, 6.45) is 1.98. The number of rotatable bonds is 4. The summed E-state index contributed by atoms with van der Waals surface area (Å²) in [6.45, 7) is 5.49. The first-order valence-electron chi connectivity index (χ1n) is 3.64. The second kappa shape index (κ2) is 6.87. The van der Waals surface area contributed by atoms with Gasteiger partial charge in [-0.15, -0.1) is 0 Å². The molecule has 0 rings (SSSR count). The lowest BCUT2D eigenvalue weighted by Crippen LogP contribution is -1.98. The summed E-state index contributed by atoms with van der Waals surface area (Å²) in [5.74, 6) is 0. The Morgan fingerprint density at radius 3 is 2.60 bits per heavy atom. The molecule has 0 saturated carbocycles. The second-order valence-corrected chi connectivity index (χ2v) is 2.31. The Hall–Kier alpha value is -0.240. The molecule has 0 fully saturated rings. The number of nitrogens with zero attached hydrogens (tertiary/aromatic N) is 1. The van der Waals surface area contributed by atoms with Gasteiger partial charge in [0, 0.05) is 6.54 Å². The molecule has 60 valence electrons. The highest BCUT2D eigenvalue weighted by Crippen LogP contribution is 1.91. The molecule has 0 heterocycles. The summed E-state index contributed by atoms with van der Waals surface area (Å²) in [5.41, 5.74) is 0. The molecule has 0 aromatic heterocycles. The van der Waals surface area contributed by atoms with Gasteiger partial charge in [-0.25, -0.2) is 4.99 Å². The van der Waals surface area contributed by atoms with Gasteiger partial charge in [0.1, 0.15) is 0 Å². The zero-order chi connectivity index (χ0) is 7.82. The molecule has 0 aliphatic carbocycles. The summed E-state index contributed by atoms with van der Waals surface area (Å²) in [4.78, 5) is 3.94. The quantitative estimate of drug-likeness (QED) is 0.461. The van der Waals surface area contributed by atoms with Crippen molar-refractivity contribution >= 4 is 17.0 Å². The van der Waals surface area contributed by atoms with E-state index in [0.717, 1.165) is 19.4 Å². The SMILES string of the molecule is CCC/N=C(\Cl)OCCC. The second-order valence-electron chi connectivity index (χ2n) is 1.98. The molecule has 0 radical (unpaired) electrons. The molecular formula is C7H14ClNO. The Kier molecular flexibility index (Phi) is 6.71. The van der Waals surface area contributed by atoms with Gasteiger partial charge in [0.05, 0.1) is 6.61 Å². The topological polar surface area (TPSA) is 21.6 Å². The monoisotopic (exact) mass is 163 g/mol. The van der Waals surface area contributed by atoms with Crippen molar-refractivity contribution in [2.24, 2.45) is 4.99 Å². The maximum Gasteiger partial charge on any atom is 0.282 e. The molecule has 0 aliphatic rings. The van der Waals surface area contributed by atoms with E-state index in [1.807, 2.05) is 13.8 Å². The molecule has 0 aromatic carbocycles. The Balaban J connectivity index is 3.30. The van der Waals surface area contributed by atoms with Crippen molar-refractivity contribution in [2.45, 2.75) is 26.7 Å². The first kappa shape index (κ1) is 9.76. The van der Waals surface area contributed by atoms with E-state index in [1.165, 1.54) is 0 Å². The minimum absolute atomic E-state index is 0.295. The summed E-state index contributed by atoms with van der Waals surface area (Å²) >= 11 is 5.57. The fourth-order valence-corrected chi connectivity index (χ4v) is 0.593. The summed E-state index contributed by atoms with van der Waals surface area (Å²) in [6, 6.07) is 0. The number of hydrogen-bond acceptors (Lipinski definition) is 2. The molecule has 3 heteroatoms. The molecule has 0 atom stereocenters. The highest BCUT2D eigenvalue weighted by Gasteiger charge is 1.90. The number of halogens is 1. The fraction of sp³-hybridized carbons (Fsp3) is 0.857. The van der Waals surface area contributed by atoms with Crippen LogP contribution in [0.15, 0.2) is 4.99 Å². The van der Waals surface area contributed by atoms with Crippen LogP contribution in [0, 0.1) is 0 Å². The van der Waals surface area contributed by atoms with Crippen LogP contribution in [0.5, 0.6) is 0 Å². The van der Waals surface area contributed by atoms with Gasteiger partial charge in [-0.05, 0) is 24.4 Å². The van der Waals surface area contributed by atoms with E-state index in [0.29, 0.717) is 12.0 Å². The van der Waals surface area contributed by atoms with Crippen molar-refractivity contribution in [3.05, 3.63) is 0 Å². The fourth-order valence-electron chi connectivity index (χ4n) is 0.432. The van der Waals surface area contributed by atoms with Gasteiger partial charge in [-0.3, -0.25) is 0 Å². The molecule has 0 aliphatic heterocycles. The van der Waals surface area contributed by atoms with Gasteiger partial charge >= 0.3 is 0 Å². The average Bonchev–Trinajstić information content (AvgIpc) is 1.97. The smallest absolute Gasteiger partial charge is 0.282 e. The molecule has 0 amide bonds. The summed E-state index contributed by atoms with van der Waals surface area (Å²) < 4.78 is 5.01. The van der Waals surface area contributed by atoms with Crippen LogP contribution >= 0.6 is 11.6 Å². The first-order chi connectivity index (χ1) is 4.81. The predicted octanol–water partition coefficient (Wildman–Crippen LogP) is 2.42. The van der Waals surface area contributed by atoms with Crippen LogP contribution in [0.2, 0.25) is 0 Å². The van der Waals surface area contributed by atoms with E-state index >= 15 is 0 Å². The minimum Gasteiger partial charge on any atom is -0.469 e. The van der Waals surface area contributed by atoms with Crippen molar-refractivity contribution in [3.63, 3.8) is 0 Å². The van der Waals surface area contributed by atoms with E-state index < -0.39 is 0 Å². The van der Waals surface area contributed by atoms with Crippen LogP contribution in [0.25, 0.3) is 0 Å². The lowest BCUT2D eigenvalue weighted by molar-refractivity contribution is 0.312. The van der Waals surface area contributed by atoms with Gasteiger partial charge in [0.2, 0.25) is 0 Å². The third-order valence-corrected chi connectivity index (χ3v) is 1.11. The highest BCUT2D eigenvalue weighted by atomic mass is 35.5. The molecule has 2 nitrogen and oxygen atoms in total. The van der Waals surface area contributed by atoms with Gasteiger partial charge in [-0.2, -0.15) is 0 Å². The van der Waals surface area contributed by atoms with E-state index in [1.54, 1.807) is 0 Å². The van der Waals surface area contributed by atoms with Crippen LogP contribution in [-0.2, 0) is 4.74 Å². The minimum atomic E-state index is 0.295. The maximum absolute atomic E-state index is 5.57. The first-order valence-corrected chi connectivity index (χ1v) is 4.01. The lowest BCUT2D eigenvalue weighted by Gasteiger charge is -1.99. The normalized spacial score (nSPS) is 11.7. The van der Waals surface area contributed by atoms with E-state index in [4.69, 9.17) is 16.3 Å². The van der Waals surface area contributed by atoms with Crippen LogP contribution in [0.4, 0.5) is 0 Å². The largest absolute Gasteiger partial charge is 0.469 e. The van der Waals surface area contributed by atoms with Crippen molar-refractivity contribution in [1.29, 1.82) is 0 Å². The molecule has 10 heavy (non-hydrogen) atoms. The molecule has 0 saturated heterocycles. The van der Waals surface area contributed by atoms with Crippen molar-refractivity contribution < 1.29 is 4.74 Å². The molecule has 0 bridgehead atoms. The highest BCUT2D eigenvalue weighted by molar-refractivity contribution is 6.62. The molecule has 0 N–H and O–H groups in total.